The Bertz CT molecular complexity index is 615. The molecule has 0 radical (unpaired) electrons. The smallest absolute Gasteiger partial charge is 0.343 e. The summed E-state index contributed by atoms with van der Waals surface area (Å²) >= 11 is 6.79. The van der Waals surface area contributed by atoms with Gasteiger partial charge in [-0.2, -0.15) is 13.2 Å². The Morgan fingerprint density at radius 3 is 2.58 bits per heavy atom. The Kier molecular flexibility index (Phi) is 6.36. The highest BCUT2D eigenvalue weighted by atomic mass is 35.5. The van der Waals surface area contributed by atoms with Gasteiger partial charge >= 0.3 is 6.18 Å². The molecular formula is C15H16ClF5N2S. The molecule has 1 saturated carbocycles. The third-order valence-electron chi connectivity index (χ3n) is 3.28. The van der Waals surface area contributed by atoms with Crippen LogP contribution < -0.4 is 5.32 Å². The molecule has 1 aromatic carbocycles. The monoisotopic (exact) mass is 386 g/mol. The van der Waals surface area contributed by atoms with E-state index in [1.807, 2.05) is 0 Å². The Hall–Kier alpha value is -1.02. The third kappa shape index (κ3) is 6.12. The molecule has 1 fully saturated rings. The molecule has 1 aliphatic carbocycles. The molecule has 0 aliphatic heterocycles. The van der Waals surface area contributed by atoms with Crippen molar-refractivity contribution in [1.82, 2.24) is 0 Å². The van der Waals surface area contributed by atoms with Gasteiger partial charge in [-0.15, -0.1) is 11.8 Å². The first-order valence-electron chi connectivity index (χ1n) is 7.25. The van der Waals surface area contributed by atoms with Crippen LogP contribution >= 0.6 is 23.4 Å². The molecule has 0 bridgehead atoms. The number of nitrogens with zero attached hydrogens (tertiary/aromatic N) is 1. The molecule has 0 saturated heterocycles. The van der Waals surface area contributed by atoms with Crippen LogP contribution in [0.25, 0.3) is 0 Å². The Labute approximate surface area is 145 Å². The lowest BCUT2D eigenvalue weighted by molar-refractivity contribution is -0.105. The van der Waals surface area contributed by atoms with Crippen LogP contribution in [0.5, 0.6) is 0 Å². The van der Waals surface area contributed by atoms with Gasteiger partial charge in [0, 0.05) is 10.8 Å². The van der Waals surface area contributed by atoms with Crippen LogP contribution in [0.3, 0.4) is 0 Å². The van der Waals surface area contributed by atoms with E-state index in [9.17, 15) is 22.0 Å². The lowest BCUT2D eigenvalue weighted by atomic mass is 10.2. The summed E-state index contributed by atoms with van der Waals surface area (Å²) in [6.45, 7) is 1.05. The zero-order valence-corrected chi connectivity index (χ0v) is 14.3. The van der Waals surface area contributed by atoms with Gasteiger partial charge in [0.15, 0.2) is 0 Å². The average Bonchev–Trinajstić information content (AvgIpc) is 3.27. The predicted molar refractivity (Wildman–Crippen MR) is 87.6 cm³/mol. The normalized spacial score (nSPS) is 15.9. The van der Waals surface area contributed by atoms with Gasteiger partial charge in [0.1, 0.15) is 12.4 Å². The molecule has 1 aliphatic rings. The van der Waals surface area contributed by atoms with Gasteiger partial charge in [0.2, 0.25) is 0 Å². The molecule has 0 spiro atoms. The number of nitrogens with one attached hydrogen (secondary N) is 1. The van der Waals surface area contributed by atoms with E-state index in [1.54, 1.807) is 13.0 Å². The average molecular weight is 387 g/mol. The van der Waals surface area contributed by atoms with Gasteiger partial charge in [-0.1, -0.05) is 11.6 Å². The maximum Gasteiger partial charge on any atom is 0.398 e. The lowest BCUT2D eigenvalue weighted by Crippen LogP contribution is -2.17. The molecule has 0 heterocycles. The minimum absolute atomic E-state index is 0.0763. The lowest BCUT2D eigenvalue weighted by Gasteiger charge is -2.15. The van der Waals surface area contributed by atoms with Gasteiger partial charge in [0.05, 0.1) is 16.5 Å². The number of thioether (sulfide) groups is 1. The molecule has 24 heavy (non-hydrogen) atoms. The largest absolute Gasteiger partial charge is 0.398 e. The van der Waals surface area contributed by atoms with E-state index < -0.39 is 24.9 Å². The number of benzene rings is 1. The summed E-state index contributed by atoms with van der Waals surface area (Å²) in [7, 11) is 0. The van der Waals surface area contributed by atoms with Crippen molar-refractivity contribution in [3.8, 4) is 0 Å². The fraction of sp³-hybridized carbons (Fsp3) is 0.533. The first kappa shape index (κ1) is 19.3. The van der Waals surface area contributed by atoms with Gasteiger partial charge in [-0.05, 0) is 37.5 Å². The predicted octanol–water partition coefficient (Wildman–Crippen LogP) is 5.79. The number of hydrogen-bond acceptors (Lipinski definition) is 2. The third-order valence-corrected chi connectivity index (χ3v) is 4.82. The molecule has 1 aromatic rings. The molecule has 9 heteroatoms. The van der Waals surface area contributed by atoms with E-state index in [1.165, 1.54) is 6.07 Å². The molecule has 2 nitrogen and oxygen atoms in total. The van der Waals surface area contributed by atoms with E-state index in [2.05, 4.69) is 10.3 Å². The van der Waals surface area contributed by atoms with E-state index in [4.69, 9.17) is 11.6 Å². The van der Waals surface area contributed by atoms with Gasteiger partial charge in [-0.3, -0.25) is 4.99 Å². The molecule has 0 aromatic heterocycles. The second-order valence-electron chi connectivity index (χ2n) is 5.52. The first-order valence-corrected chi connectivity index (χ1v) is 8.61. The van der Waals surface area contributed by atoms with Crippen molar-refractivity contribution in [2.75, 3.05) is 17.6 Å². The van der Waals surface area contributed by atoms with Crippen molar-refractivity contribution in [1.29, 1.82) is 0 Å². The van der Waals surface area contributed by atoms with Crippen molar-refractivity contribution in [3.05, 3.63) is 22.7 Å². The summed E-state index contributed by atoms with van der Waals surface area (Å²) in [6.07, 6.45) is -5.14. The van der Waals surface area contributed by atoms with Gasteiger partial charge in [-0.25, -0.2) is 8.78 Å². The summed E-state index contributed by atoms with van der Waals surface area (Å²) in [4.78, 5) is 4.30. The molecular weight excluding hydrogens is 371 g/mol. The van der Waals surface area contributed by atoms with Crippen molar-refractivity contribution in [3.63, 3.8) is 0 Å². The molecule has 0 atom stereocenters. The van der Waals surface area contributed by atoms with Crippen molar-refractivity contribution in [2.45, 2.75) is 37.3 Å². The Morgan fingerprint density at radius 2 is 2.04 bits per heavy atom. The summed E-state index contributed by atoms with van der Waals surface area (Å²) in [5.41, 5.74) is 1.00. The zero-order valence-electron chi connectivity index (χ0n) is 12.8. The number of hydrogen-bond donors (Lipinski definition) is 1. The number of aryl methyl sites for hydroxylation is 1. The standard InChI is InChI=1S/C15H16ClF5N2S/c1-8-4-10(16)11(5-12(8)24-7-15(19,20)21)23-14(9-2-3-9)22-6-13(17)18/h4-5,9,13H,2-3,6-7H2,1H3,(H,22,23). The maximum atomic E-state index is 12.4. The fourth-order valence-corrected chi connectivity index (χ4v) is 3.07. The van der Waals surface area contributed by atoms with Crippen LogP contribution in [0.1, 0.15) is 18.4 Å². The van der Waals surface area contributed by atoms with Crippen LogP contribution in [-0.2, 0) is 0 Å². The summed E-state index contributed by atoms with van der Waals surface area (Å²) in [5.74, 6) is -0.524. The Morgan fingerprint density at radius 1 is 1.38 bits per heavy atom. The number of amidine groups is 1. The number of rotatable bonds is 6. The number of anilines is 1. The fourth-order valence-electron chi connectivity index (χ4n) is 2.00. The Balaban J connectivity index is 2.17. The van der Waals surface area contributed by atoms with E-state index in [0.717, 1.165) is 12.8 Å². The number of halogens is 6. The van der Waals surface area contributed by atoms with Crippen LogP contribution in [0.2, 0.25) is 5.02 Å². The quantitative estimate of drug-likeness (QED) is 0.290. The topological polar surface area (TPSA) is 24.4 Å². The minimum Gasteiger partial charge on any atom is -0.343 e. The first-order chi connectivity index (χ1) is 11.2. The maximum absolute atomic E-state index is 12.4. The molecule has 0 unspecified atom stereocenters. The molecule has 0 amide bonds. The van der Waals surface area contributed by atoms with Crippen molar-refractivity contribution < 1.29 is 22.0 Å². The van der Waals surface area contributed by atoms with Crippen LogP contribution in [0.15, 0.2) is 22.0 Å². The van der Waals surface area contributed by atoms with E-state index >= 15 is 0 Å². The van der Waals surface area contributed by atoms with E-state index in [0.29, 0.717) is 38.8 Å². The molecule has 134 valence electrons. The summed E-state index contributed by atoms with van der Waals surface area (Å²) in [5, 5.41) is 3.23. The van der Waals surface area contributed by atoms with Crippen LogP contribution in [-0.4, -0.2) is 30.7 Å². The minimum atomic E-state index is -4.28. The van der Waals surface area contributed by atoms with Crippen molar-refractivity contribution >= 4 is 34.9 Å². The highest BCUT2D eigenvalue weighted by Crippen LogP contribution is 2.37. The van der Waals surface area contributed by atoms with Crippen LogP contribution in [0.4, 0.5) is 27.6 Å². The van der Waals surface area contributed by atoms with Crippen molar-refractivity contribution in [2.24, 2.45) is 10.9 Å². The second-order valence-corrected chi connectivity index (χ2v) is 6.94. The highest BCUT2D eigenvalue weighted by molar-refractivity contribution is 7.99. The highest BCUT2D eigenvalue weighted by Gasteiger charge is 2.29. The SMILES string of the molecule is Cc1cc(Cl)c(NC(=NCC(F)F)C2CC2)cc1SCC(F)(F)F. The summed E-state index contributed by atoms with van der Waals surface area (Å²) in [6, 6.07) is 3.06. The van der Waals surface area contributed by atoms with Crippen LogP contribution in [0, 0.1) is 12.8 Å². The second kappa shape index (κ2) is 7.91. The van der Waals surface area contributed by atoms with Gasteiger partial charge < -0.3 is 5.32 Å². The summed E-state index contributed by atoms with van der Waals surface area (Å²) < 4.78 is 61.9. The molecule has 2 rings (SSSR count). The number of alkyl halides is 5. The zero-order chi connectivity index (χ0) is 17.9. The van der Waals surface area contributed by atoms with Gasteiger partial charge in [0.25, 0.3) is 6.43 Å². The van der Waals surface area contributed by atoms with E-state index in [-0.39, 0.29) is 5.92 Å². The number of aliphatic imine (C=N–C) groups is 1. The molecule has 1 N–H and O–H groups in total.